The quantitative estimate of drug-likeness (QED) is 0.343. The van der Waals surface area contributed by atoms with Gasteiger partial charge in [-0.25, -0.2) is 0 Å². The average molecular weight is 286 g/mol. The van der Waals surface area contributed by atoms with E-state index in [4.69, 9.17) is 8.83 Å². The van der Waals surface area contributed by atoms with Crippen molar-refractivity contribution < 1.29 is 8.83 Å². The van der Waals surface area contributed by atoms with Crippen LogP contribution in [0.1, 0.15) is 11.1 Å². The molecule has 0 radical (unpaired) electrons. The van der Waals surface area contributed by atoms with Crippen molar-refractivity contribution in [2.24, 2.45) is 0 Å². The van der Waals surface area contributed by atoms with Crippen LogP contribution in [-0.4, -0.2) is 0 Å². The summed E-state index contributed by atoms with van der Waals surface area (Å²) in [5.74, 6) is 0. The Balaban J connectivity index is 2.02. The molecule has 106 valence electrons. The van der Waals surface area contributed by atoms with Gasteiger partial charge in [-0.05, 0) is 49.7 Å². The van der Waals surface area contributed by atoms with Gasteiger partial charge in [0.05, 0.1) is 0 Å². The van der Waals surface area contributed by atoms with Crippen LogP contribution in [0.3, 0.4) is 0 Å². The highest BCUT2D eigenvalue weighted by Crippen LogP contribution is 2.38. The summed E-state index contributed by atoms with van der Waals surface area (Å²) in [7, 11) is 0. The van der Waals surface area contributed by atoms with Gasteiger partial charge in [0.2, 0.25) is 0 Å². The molecule has 0 N–H and O–H groups in total. The van der Waals surface area contributed by atoms with E-state index in [1.165, 1.54) is 11.1 Å². The molecule has 2 heteroatoms. The van der Waals surface area contributed by atoms with Gasteiger partial charge < -0.3 is 8.83 Å². The Labute approximate surface area is 126 Å². The van der Waals surface area contributed by atoms with Crippen molar-refractivity contribution in [2.75, 3.05) is 0 Å². The summed E-state index contributed by atoms with van der Waals surface area (Å²) < 4.78 is 12.2. The molecule has 0 saturated carbocycles. The molecule has 0 aliphatic carbocycles. The van der Waals surface area contributed by atoms with Gasteiger partial charge in [0.15, 0.2) is 11.2 Å². The first-order valence-corrected chi connectivity index (χ1v) is 7.45. The van der Waals surface area contributed by atoms with Crippen molar-refractivity contribution in [1.82, 2.24) is 0 Å². The van der Waals surface area contributed by atoms with E-state index in [0.29, 0.717) is 0 Å². The molecule has 0 fully saturated rings. The van der Waals surface area contributed by atoms with Gasteiger partial charge in [-0.2, -0.15) is 0 Å². The Morgan fingerprint density at radius 1 is 0.545 bits per heavy atom. The largest absolute Gasteiger partial charge is 0.452 e. The molecule has 0 bridgehead atoms. The standard InChI is InChI=1S/C20H14O2/c1-11-4-8-17-16(9-11)15-7-6-14-13-5-3-12(2)10-18(13)22-19(14)20(15)21-17/h3-10H,1-2H3. The molecular formula is C20H14O2. The van der Waals surface area contributed by atoms with Gasteiger partial charge in [-0.15, -0.1) is 0 Å². The van der Waals surface area contributed by atoms with E-state index in [0.717, 1.165) is 43.9 Å². The summed E-state index contributed by atoms with van der Waals surface area (Å²) in [5, 5.41) is 4.51. The molecule has 5 rings (SSSR count). The summed E-state index contributed by atoms with van der Waals surface area (Å²) in [6.07, 6.45) is 0. The van der Waals surface area contributed by atoms with E-state index in [1.807, 2.05) is 6.07 Å². The second-order valence-electron chi connectivity index (χ2n) is 6.02. The van der Waals surface area contributed by atoms with Gasteiger partial charge in [0.25, 0.3) is 0 Å². The van der Waals surface area contributed by atoms with Crippen LogP contribution in [0.5, 0.6) is 0 Å². The van der Waals surface area contributed by atoms with Crippen molar-refractivity contribution >= 4 is 43.9 Å². The summed E-state index contributed by atoms with van der Waals surface area (Å²) in [4.78, 5) is 0. The number of furan rings is 2. The maximum atomic E-state index is 6.11. The molecule has 5 aromatic rings. The number of benzene rings is 3. The molecule has 0 saturated heterocycles. The lowest BCUT2D eigenvalue weighted by atomic mass is 10.1. The lowest BCUT2D eigenvalue weighted by molar-refractivity contribution is 0.633. The first-order valence-electron chi connectivity index (χ1n) is 7.45. The number of fused-ring (bicyclic) bond motifs is 7. The number of aryl methyl sites for hydroxylation is 2. The lowest BCUT2D eigenvalue weighted by Gasteiger charge is -1.92. The van der Waals surface area contributed by atoms with Crippen LogP contribution in [-0.2, 0) is 0 Å². The summed E-state index contributed by atoms with van der Waals surface area (Å²) >= 11 is 0. The highest BCUT2D eigenvalue weighted by atomic mass is 16.4. The first-order chi connectivity index (χ1) is 10.7. The smallest absolute Gasteiger partial charge is 0.178 e. The third-order valence-corrected chi connectivity index (χ3v) is 4.39. The summed E-state index contributed by atoms with van der Waals surface area (Å²) in [6.45, 7) is 4.17. The topological polar surface area (TPSA) is 26.3 Å². The molecule has 2 nitrogen and oxygen atoms in total. The zero-order chi connectivity index (χ0) is 14.8. The number of hydrogen-bond donors (Lipinski definition) is 0. The Morgan fingerprint density at radius 2 is 1.14 bits per heavy atom. The minimum Gasteiger partial charge on any atom is -0.452 e. The van der Waals surface area contributed by atoms with Gasteiger partial charge in [-0.1, -0.05) is 23.8 Å². The minimum atomic E-state index is 0.840. The summed E-state index contributed by atoms with van der Waals surface area (Å²) in [5.41, 5.74) is 5.93. The maximum absolute atomic E-state index is 6.11. The maximum Gasteiger partial charge on any atom is 0.178 e. The van der Waals surface area contributed by atoms with E-state index in [1.54, 1.807) is 0 Å². The van der Waals surface area contributed by atoms with Crippen molar-refractivity contribution in [3.8, 4) is 0 Å². The first kappa shape index (κ1) is 11.9. The number of rotatable bonds is 0. The average Bonchev–Trinajstić information content (AvgIpc) is 3.04. The molecule has 2 heterocycles. The molecule has 3 aromatic carbocycles. The SMILES string of the molecule is Cc1ccc2c(c1)oc1c2ccc2c3cc(C)ccc3oc21. The molecule has 0 atom stereocenters. The van der Waals surface area contributed by atoms with Crippen LogP contribution < -0.4 is 0 Å². The third-order valence-electron chi connectivity index (χ3n) is 4.39. The van der Waals surface area contributed by atoms with Gasteiger partial charge in [0, 0.05) is 21.5 Å². The van der Waals surface area contributed by atoms with Crippen molar-refractivity contribution in [1.29, 1.82) is 0 Å². The van der Waals surface area contributed by atoms with Crippen LogP contribution in [0.15, 0.2) is 57.4 Å². The normalized spacial score (nSPS) is 12.1. The van der Waals surface area contributed by atoms with E-state index in [9.17, 15) is 0 Å². The fourth-order valence-corrected chi connectivity index (χ4v) is 3.29. The summed E-state index contributed by atoms with van der Waals surface area (Å²) in [6, 6.07) is 16.9. The van der Waals surface area contributed by atoms with E-state index < -0.39 is 0 Å². The Hall–Kier alpha value is -2.74. The van der Waals surface area contributed by atoms with Gasteiger partial charge in [0.1, 0.15) is 11.2 Å². The molecule has 0 amide bonds. The molecule has 0 spiro atoms. The number of hydrogen-bond acceptors (Lipinski definition) is 2. The molecule has 2 aromatic heterocycles. The van der Waals surface area contributed by atoms with E-state index >= 15 is 0 Å². The Bertz CT molecular complexity index is 1190. The van der Waals surface area contributed by atoms with Crippen LogP contribution in [0.25, 0.3) is 43.9 Å². The molecule has 0 aliphatic heterocycles. The molecule has 0 unspecified atom stereocenters. The van der Waals surface area contributed by atoms with Crippen LogP contribution in [0.4, 0.5) is 0 Å². The van der Waals surface area contributed by atoms with Crippen LogP contribution in [0.2, 0.25) is 0 Å². The highest BCUT2D eigenvalue weighted by Gasteiger charge is 2.15. The predicted molar refractivity (Wildman–Crippen MR) is 90.5 cm³/mol. The minimum absolute atomic E-state index is 0.840. The second kappa shape index (κ2) is 3.92. The van der Waals surface area contributed by atoms with Crippen molar-refractivity contribution in [2.45, 2.75) is 13.8 Å². The zero-order valence-corrected chi connectivity index (χ0v) is 12.4. The molecular weight excluding hydrogens is 272 g/mol. The van der Waals surface area contributed by atoms with Crippen LogP contribution in [0, 0.1) is 13.8 Å². The van der Waals surface area contributed by atoms with Gasteiger partial charge in [-0.3, -0.25) is 0 Å². The Kier molecular flexibility index (Phi) is 2.11. The van der Waals surface area contributed by atoms with Gasteiger partial charge >= 0.3 is 0 Å². The van der Waals surface area contributed by atoms with Crippen LogP contribution >= 0.6 is 0 Å². The van der Waals surface area contributed by atoms with Crippen molar-refractivity contribution in [3.05, 3.63) is 59.7 Å². The monoisotopic (exact) mass is 286 g/mol. The van der Waals surface area contributed by atoms with E-state index in [2.05, 4.69) is 56.3 Å². The highest BCUT2D eigenvalue weighted by molar-refractivity contribution is 6.18. The van der Waals surface area contributed by atoms with Crippen molar-refractivity contribution in [3.63, 3.8) is 0 Å². The third kappa shape index (κ3) is 1.44. The second-order valence-corrected chi connectivity index (χ2v) is 6.02. The Morgan fingerprint density at radius 3 is 1.95 bits per heavy atom. The van der Waals surface area contributed by atoms with E-state index in [-0.39, 0.29) is 0 Å². The zero-order valence-electron chi connectivity index (χ0n) is 12.4. The predicted octanol–water partition coefficient (Wildman–Crippen LogP) is 6.10. The fourth-order valence-electron chi connectivity index (χ4n) is 3.29. The fraction of sp³-hybridized carbons (Fsp3) is 0.100. The molecule has 0 aliphatic rings. The molecule has 22 heavy (non-hydrogen) atoms. The lowest BCUT2D eigenvalue weighted by Crippen LogP contribution is -1.71.